The largest absolute Gasteiger partial charge is 0.305 e. The fourth-order valence-electron chi connectivity index (χ4n) is 7.94. The van der Waals surface area contributed by atoms with Gasteiger partial charge in [0.05, 0.1) is 28.6 Å². The second-order valence-electron chi connectivity index (χ2n) is 13.0. The molecule has 0 amide bonds. The lowest BCUT2D eigenvalue weighted by molar-refractivity contribution is 1.09. The van der Waals surface area contributed by atoms with Crippen molar-refractivity contribution in [2.75, 3.05) is 0 Å². The molecule has 4 heterocycles. The predicted molar refractivity (Wildman–Crippen MR) is 216 cm³/mol. The zero-order valence-electron chi connectivity index (χ0n) is 27.7. The first-order valence-electron chi connectivity index (χ1n) is 17.3. The highest BCUT2D eigenvalue weighted by Crippen LogP contribution is 2.49. The minimum atomic E-state index is 0.696. The van der Waals surface area contributed by atoms with Gasteiger partial charge in [0.25, 0.3) is 0 Å². The molecule has 0 spiro atoms. The van der Waals surface area contributed by atoms with Crippen LogP contribution >= 0.6 is 11.3 Å². The summed E-state index contributed by atoms with van der Waals surface area (Å²) in [6, 6.07) is 51.4. The Morgan fingerprint density at radius 1 is 0.442 bits per heavy atom. The molecular weight excluding hydrogens is 655 g/mol. The summed E-state index contributed by atoms with van der Waals surface area (Å²) in [6.45, 7) is 0. The van der Waals surface area contributed by atoms with E-state index in [-0.39, 0.29) is 0 Å². The number of hydrogen-bond acceptors (Lipinski definition) is 5. The van der Waals surface area contributed by atoms with Gasteiger partial charge in [-0.05, 0) is 52.6 Å². The molecule has 52 heavy (non-hydrogen) atoms. The van der Waals surface area contributed by atoms with Crippen molar-refractivity contribution in [3.05, 3.63) is 164 Å². The van der Waals surface area contributed by atoms with E-state index in [0.29, 0.717) is 5.82 Å². The zero-order chi connectivity index (χ0) is 34.2. The fourth-order valence-corrected chi connectivity index (χ4v) is 9.03. The highest BCUT2D eigenvalue weighted by Gasteiger charge is 2.25. The zero-order valence-corrected chi connectivity index (χ0v) is 28.5. The first kappa shape index (κ1) is 29.0. The Morgan fingerprint density at radius 2 is 1.10 bits per heavy atom. The topological polar surface area (TPSA) is 56.5 Å². The van der Waals surface area contributed by atoms with Gasteiger partial charge in [-0.3, -0.25) is 0 Å². The third-order valence-corrected chi connectivity index (χ3v) is 11.3. The molecule has 4 aromatic heterocycles. The Morgan fingerprint density at radius 3 is 1.87 bits per heavy atom. The Labute approximate surface area is 302 Å². The summed E-state index contributed by atoms with van der Waals surface area (Å²) in [6.07, 6.45) is 5.62. The number of fused-ring (bicyclic) bond motifs is 12. The van der Waals surface area contributed by atoms with Gasteiger partial charge >= 0.3 is 0 Å². The summed E-state index contributed by atoms with van der Waals surface area (Å²) >= 11 is 1.83. The molecule has 6 heteroatoms. The van der Waals surface area contributed by atoms with Gasteiger partial charge in [0.1, 0.15) is 0 Å². The van der Waals surface area contributed by atoms with Crippen LogP contribution in [0.5, 0.6) is 0 Å². The van der Waals surface area contributed by atoms with Crippen LogP contribution in [0.25, 0.3) is 103 Å². The molecule has 11 rings (SSSR count). The van der Waals surface area contributed by atoms with Crippen molar-refractivity contribution >= 4 is 74.9 Å². The predicted octanol–water partition coefficient (Wildman–Crippen LogP) is 12.0. The second kappa shape index (κ2) is 11.4. The monoisotopic (exact) mass is 681 g/mol. The van der Waals surface area contributed by atoms with Crippen LogP contribution in [0.15, 0.2) is 164 Å². The quantitative estimate of drug-likeness (QED) is 0.174. The van der Waals surface area contributed by atoms with Crippen molar-refractivity contribution in [1.29, 1.82) is 0 Å². The van der Waals surface area contributed by atoms with Crippen LogP contribution < -0.4 is 0 Å². The molecule has 0 N–H and O–H groups in total. The number of benzene rings is 7. The maximum atomic E-state index is 5.33. The molecule has 0 aliphatic heterocycles. The highest BCUT2D eigenvalue weighted by molar-refractivity contribution is 7.26. The van der Waals surface area contributed by atoms with Crippen LogP contribution in [0.1, 0.15) is 0 Å². The third kappa shape index (κ3) is 4.28. The standard InChI is InChI=1S/C46H27N5S/c1-3-12-28(13-4-1)43-37(27-49-46(50-43)29-14-5-2-6-15-29)51-36-21-23-39-40(35-26-30(20-22-38(35)52-39)45-47-24-11-25-48-45)42(36)41-33-18-9-7-16-31(33)32-17-8-10-19-34(32)44(41)51/h1-27H. The average molecular weight is 682 g/mol. The molecule has 0 saturated heterocycles. The maximum Gasteiger partial charge on any atom is 0.159 e. The van der Waals surface area contributed by atoms with E-state index in [0.717, 1.165) is 44.9 Å². The number of hydrogen-bond donors (Lipinski definition) is 0. The SMILES string of the molecule is c1ccc(-c2ncc(-n3c4ccc5sc6ccc(-c7ncccn7)cc6c5c4c4c5ccccc5c5ccccc5c43)c(-c3ccccc3)n2)cc1. The van der Waals surface area contributed by atoms with Gasteiger partial charge in [-0.2, -0.15) is 0 Å². The summed E-state index contributed by atoms with van der Waals surface area (Å²) in [4.78, 5) is 19.6. The number of thiophene rings is 1. The summed E-state index contributed by atoms with van der Waals surface area (Å²) in [5.41, 5.74) is 7.08. The van der Waals surface area contributed by atoms with Crippen molar-refractivity contribution < 1.29 is 0 Å². The Bertz CT molecular complexity index is 3170. The summed E-state index contributed by atoms with van der Waals surface area (Å²) in [5, 5.41) is 9.74. The van der Waals surface area contributed by atoms with Crippen molar-refractivity contribution in [3.63, 3.8) is 0 Å². The normalized spacial score (nSPS) is 11.8. The van der Waals surface area contributed by atoms with Gasteiger partial charge in [0.15, 0.2) is 11.6 Å². The first-order chi connectivity index (χ1) is 25.8. The van der Waals surface area contributed by atoms with E-state index in [9.17, 15) is 0 Å². The van der Waals surface area contributed by atoms with E-state index in [1.54, 1.807) is 12.4 Å². The molecule has 0 unspecified atom stereocenters. The van der Waals surface area contributed by atoms with E-state index in [2.05, 4.69) is 136 Å². The van der Waals surface area contributed by atoms with Crippen LogP contribution in [-0.4, -0.2) is 24.5 Å². The molecule has 242 valence electrons. The molecule has 0 fully saturated rings. The lowest BCUT2D eigenvalue weighted by Crippen LogP contribution is -2.03. The molecule has 0 atom stereocenters. The Kier molecular flexibility index (Phi) is 6.35. The molecule has 0 aliphatic rings. The Hall–Kier alpha value is -6.76. The van der Waals surface area contributed by atoms with Gasteiger partial charge < -0.3 is 4.57 Å². The van der Waals surface area contributed by atoms with E-state index in [1.807, 2.05) is 41.8 Å². The molecular formula is C46H27N5S. The van der Waals surface area contributed by atoms with Gasteiger partial charge in [-0.25, -0.2) is 19.9 Å². The molecule has 0 bridgehead atoms. The van der Waals surface area contributed by atoms with Gasteiger partial charge in [0.2, 0.25) is 0 Å². The van der Waals surface area contributed by atoms with Crippen LogP contribution in [-0.2, 0) is 0 Å². The van der Waals surface area contributed by atoms with Crippen molar-refractivity contribution in [3.8, 4) is 39.7 Å². The lowest BCUT2D eigenvalue weighted by Gasteiger charge is -2.16. The molecule has 7 aromatic carbocycles. The first-order valence-corrected chi connectivity index (χ1v) is 18.1. The number of rotatable bonds is 4. The van der Waals surface area contributed by atoms with E-state index in [1.165, 1.54) is 52.5 Å². The van der Waals surface area contributed by atoms with Crippen LogP contribution in [0.4, 0.5) is 0 Å². The third-order valence-electron chi connectivity index (χ3n) is 10.1. The van der Waals surface area contributed by atoms with Crippen molar-refractivity contribution in [1.82, 2.24) is 24.5 Å². The van der Waals surface area contributed by atoms with Gasteiger partial charge in [-0.1, -0.05) is 109 Å². The molecule has 0 saturated carbocycles. The van der Waals surface area contributed by atoms with Gasteiger partial charge in [-0.15, -0.1) is 11.3 Å². The summed E-state index contributed by atoms with van der Waals surface area (Å²) < 4.78 is 4.89. The summed E-state index contributed by atoms with van der Waals surface area (Å²) in [5.74, 6) is 1.42. The molecule has 5 nitrogen and oxygen atoms in total. The van der Waals surface area contributed by atoms with Gasteiger partial charge in [0, 0.05) is 65.4 Å². The van der Waals surface area contributed by atoms with E-state index >= 15 is 0 Å². The fraction of sp³-hybridized carbons (Fsp3) is 0. The molecule has 11 aromatic rings. The number of nitrogens with zero attached hydrogens (tertiary/aromatic N) is 5. The number of aromatic nitrogens is 5. The molecule has 0 radical (unpaired) electrons. The second-order valence-corrected chi connectivity index (χ2v) is 14.1. The van der Waals surface area contributed by atoms with E-state index < -0.39 is 0 Å². The average Bonchev–Trinajstić information content (AvgIpc) is 3.77. The summed E-state index contributed by atoms with van der Waals surface area (Å²) in [7, 11) is 0. The van der Waals surface area contributed by atoms with E-state index in [4.69, 9.17) is 9.97 Å². The van der Waals surface area contributed by atoms with Crippen LogP contribution in [0, 0.1) is 0 Å². The van der Waals surface area contributed by atoms with Crippen LogP contribution in [0.3, 0.4) is 0 Å². The maximum absolute atomic E-state index is 5.33. The van der Waals surface area contributed by atoms with Crippen LogP contribution in [0.2, 0.25) is 0 Å². The smallest absolute Gasteiger partial charge is 0.159 e. The lowest BCUT2D eigenvalue weighted by atomic mass is 9.95. The minimum Gasteiger partial charge on any atom is -0.305 e. The minimum absolute atomic E-state index is 0.696. The van der Waals surface area contributed by atoms with Crippen molar-refractivity contribution in [2.24, 2.45) is 0 Å². The molecule has 0 aliphatic carbocycles. The highest BCUT2D eigenvalue weighted by atomic mass is 32.1. The Balaban J connectivity index is 1.35. The van der Waals surface area contributed by atoms with Crippen molar-refractivity contribution in [2.45, 2.75) is 0 Å².